The van der Waals surface area contributed by atoms with Crippen molar-refractivity contribution in [2.45, 2.75) is 6.92 Å². The number of methoxy groups -OCH3 is 2. The average Bonchev–Trinajstić information content (AvgIpc) is 3.31. The van der Waals surface area contributed by atoms with Crippen molar-refractivity contribution in [1.82, 2.24) is 4.58 Å². The number of aryl methyl sites for hydroxylation is 1. The molecule has 1 N–H and O–H groups in total. The Morgan fingerprint density at radius 1 is 0.773 bits per heavy atom. The van der Waals surface area contributed by atoms with Crippen molar-refractivity contribution in [3.8, 4) is 33.9 Å². The largest absolute Gasteiger partial charge is 0.545 e. The number of amides is 1. The van der Waals surface area contributed by atoms with E-state index >= 15 is 0 Å². The van der Waals surface area contributed by atoms with Crippen molar-refractivity contribution < 1.29 is 52.4 Å². The molecule has 4 aromatic rings. The minimum atomic E-state index is -1.47. The maximum atomic E-state index is 14.0. The SMILES string of the molecule is CN=Cc1ccc2c(-c3ccc(C(=O)Nc4ccc5c(c4)OCCOc4cc(C)ccc4N(CC(=O)OC)CCOCCN5CC(=O)OC)cc3C(=O)[O-])c3ccc(=[N+](C)C)cc-3oc2c1. The number of hydrogen-bond donors (Lipinski definition) is 1. The number of anilines is 3. The predicted molar refractivity (Wildman–Crippen MR) is 249 cm³/mol. The molecular formula is C50H51N5O11. The molecule has 0 radical (unpaired) electrons. The Bertz CT molecular complexity index is 2870. The van der Waals surface area contributed by atoms with Gasteiger partial charge in [0.2, 0.25) is 5.36 Å². The van der Waals surface area contributed by atoms with Crippen LogP contribution in [0.4, 0.5) is 17.1 Å². The molecule has 342 valence electrons. The molecular weight excluding hydrogens is 847 g/mol. The molecule has 1 amide bonds. The third-order valence-electron chi connectivity index (χ3n) is 11.0. The number of carboxylic acid groups (broad SMARTS) is 1. The zero-order chi connectivity index (χ0) is 46.9. The Morgan fingerprint density at radius 2 is 1.42 bits per heavy atom. The van der Waals surface area contributed by atoms with Gasteiger partial charge >= 0.3 is 11.9 Å². The minimum Gasteiger partial charge on any atom is -0.545 e. The van der Waals surface area contributed by atoms with Crippen molar-refractivity contribution in [3.05, 3.63) is 119 Å². The summed E-state index contributed by atoms with van der Waals surface area (Å²) in [4.78, 5) is 59.7. The van der Waals surface area contributed by atoms with Gasteiger partial charge in [0.1, 0.15) is 63.2 Å². The Kier molecular flexibility index (Phi) is 14.6. The lowest BCUT2D eigenvalue weighted by Crippen LogP contribution is -2.36. The molecule has 0 saturated heterocycles. The predicted octanol–water partition coefficient (Wildman–Crippen LogP) is 4.66. The van der Waals surface area contributed by atoms with Crippen LogP contribution in [0.15, 0.2) is 100 Å². The van der Waals surface area contributed by atoms with Gasteiger partial charge in [-0.2, -0.15) is 0 Å². The first-order valence-corrected chi connectivity index (χ1v) is 21.2. The fourth-order valence-corrected chi connectivity index (χ4v) is 7.70. The van der Waals surface area contributed by atoms with E-state index in [1.54, 1.807) is 48.5 Å². The van der Waals surface area contributed by atoms with Crippen molar-refractivity contribution >= 4 is 58.1 Å². The third-order valence-corrected chi connectivity index (χ3v) is 11.0. The summed E-state index contributed by atoms with van der Waals surface area (Å²) in [6.07, 6.45) is 1.70. The number of ether oxygens (including phenoxy) is 5. The molecule has 2 heterocycles. The summed E-state index contributed by atoms with van der Waals surface area (Å²) < 4.78 is 36.9. The Morgan fingerprint density at radius 3 is 2.06 bits per heavy atom. The van der Waals surface area contributed by atoms with E-state index in [9.17, 15) is 24.3 Å². The van der Waals surface area contributed by atoms with Gasteiger partial charge in [-0.15, -0.1) is 0 Å². The first-order chi connectivity index (χ1) is 31.9. The van der Waals surface area contributed by atoms with Crippen LogP contribution in [0.5, 0.6) is 11.5 Å². The maximum absolute atomic E-state index is 14.0. The summed E-state index contributed by atoms with van der Waals surface area (Å²) in [5.74, 6) is -1.60. The van der Waals surface area contributed by atoms with E-state index < -0.39 is 23.8 Å². The van der Waals surface area contributed by atoms with E-state index in [0.29, 0.717) is 68.5 Å². The number of fused-ring (bicyclic) bond motifs is 4. The van der Waals surface area contributed by atoms with Crippen molar-refractivity contribution in [1.29, 1.82) is 0 Å². The van der Waals surface area contributed by atoms with Crippen molar-refractivity contribution in [2.24, 2.45) is 4.99 Å². The Balaban J connectivity index is 1.21. The highest BCUT2D eigenvalue weighted by Crippen LogP contribution is 2.42. The number of carbonyl (C=O) groups is 4. The van der Waals surface area contributed by atoms with Crippen LogP contribution < -0.4 is 39.6 Å². The fraction of sp³-hybridized carbons (Fsp3) is 0.280. The molecule has 0 bridgehead atoms. The molecule has 16 heteroatoms. The number of nitrogens with zero attached hydrogens (tertiary/aromatic N) is 4. The smallest absolute Gasteiger partial charge is 0.325 e. The minimum absolute atomic E-state index is 0.0326. The van der Waals surface area contributed by atoms with Crippen LogP contribution in [0.1, 0.15) is 31.8 Å². The van der Waals surface area contributed by atoms with E-state index in [1.165, 1.54) is 20.3 Å². The molecule has 0 aromatic heterocycles. The van der Waals surface area contributed by atoms with Gasteiger partial charge in [-0.3, -0.25) is 19.4 Å². The third kappa shape index (κ3) is 10.6. The maximum Gasteiger partial charge on any atom is 0.325 e. The molecule has 66 heavy (non-hydrogen) atoms. The number of nitrogens with one attached hydrogen (secondary N) is 1. The molecule has 4 aromatic carbocycles. The standard InChI is InChI=1S/C50H51N5O11/c1-31-7-15-40-44(23-31)64-21-22-65-45-26-34(10-16-41(45)55(30-47(57)62-6)18-20-63-19-17-54(40)29-46(56)61-5)52-49(58)33-9-13-36(39(25-33)50(59)60)48-37-12-8-32(28-51-2)24-42(37)66-43-27-35(53(3)4)11-14-38(43)48/h7-16,23-28H,17-22,29-30H2,1-6H3,(H-,51,52,58,59,60). The van der Waals surface area contributed by atoms with Crippen LogP contribution in [0.25, 0.3) is 33.4 Å². The topological polar surface area (TPSA) is 185 Å². The second-order valence-electron chi connectivity index (χ2n) is 15.7. The molecule has 0 saturated carbocycles. The molecule has 16 nitrogen and oxygen atoms in total. The number of aliphatic imine (C=N–C) groups is 1. The zero-order valence-electron chi connectivity index (χ0n) is 37.7. The Hall–Kier alpha value is -7.72. The lowest BCUT2D eigenvalue weighted by molar-refractivity contribution is -0.255. The second-order valence-corrected chi connectivity index (χ2v) is 15.7. The Labute approximate surface area is 381 Å². The summed E-state index contributed by atoms with van der Waals surface area (Å²) >= 11 is 0. The lowest BCUT2D eigenvalue weighted by Gasteiger charge is -2.27. The van der Waals surface area contributed by atoms with Crippen LogP contribution >= 0.6 is 0 Å². The van der Waals surface area contributed by atoms with Gasteiger partial charge in [-0.1, -0.05) is 18.2 Å². The van der Waals surface area contributed by atoms with Crippen molar-refractivity contribution in [3.63, 3.8) is 0 Å². The van der Waals surface area contributed by atoms with E-state index in [2.05, 4.69) is 10.3 Å². The van der Waals surface area contributed by atoms with E-state index in [-0.39, 0.29) is 57.2 Å². The van der Waals surface area contributed by atoms with Crippen LogP contribution in [0, 0.1) is 6.92 Å². The lowest BCUT2D eigenvalue weighted by atomic mass is 9.89. The van der Waals surface area contributed by atoms with Gasteiger partial charge in [0, 0.05) is 71.8 Å². The van der Waals surface area contributed by atoms with E-state index in [0.717, 1.165) is 16.5 Å². The van der Waals surface area contributed by atoms with Gasteiger partial charge < -0.3 is 53.1 Å². The number of rotatable bonds is 9. The zero-order valence-corrected chi connectivity index (χ0v) is 37.7. The van der Waals surface area contributed by atoms with Gasteiger partial charge in [0.15, 0.2) is 0 Å². The molecule has 3 aliphatic rings. The molecule has 1 aliphatic carbocycles. The van der Waals surface area contributed by atoms with Crippen LogP contribution in [-0.4, -0.2) is 118 Å². The molecule has 2 aliphatic heterocycles. The molecule has 7 rings (SSSR count). The summed E-state index contributed by atoms with van der Waals surface area (Å²) in [7, 11) is 8.13. The van der Waals surface area contributed by atoms with Crippen LogP contribution in [-0.2, 0) is 23.8 Å². The number of carbonyl (C=O) groups excluding carboxylic acids is 4. The van der Waals surface area contributed by atoms with Crippen LogP contribution in [0.3, 0.4) is 0 Å². The molecule has 0 spiro atoms. The highest BCUT2D eigenvalue weighted by atomic mass is 16.5. The first-order valence-electron chi connectivity index (χ1n) is 21.2. The number of carboxylic acids is 1. The number of esters is 2. The summed E-state index contributed by atoms with van der Waals surface area (Å²) in [5.41, 5.74) is 5.27. The summed E-state index contributed by atoms with van der Waals surface area (Å²) in [6, 6.07) is 26.4. The van der Waals surface area contributed by atoms with Gasteiger partial charge in [-0.05, 0) is 78.2 Å². The highest BCUT2D eigenvalue weighted by Gasteiger charge is 2.24. The van der Waals surface area contributed by atoms with Crippen molar-refractivity contribution in [2.75, 3.05) is 103 Å². The summed E-state index contributed by atoms with van der Waals surface area (Å²) in [6.45, 7) is 2.95. The van der Waals surface area contributed by atoms with Gasteiger partial charge in [-0.25, -0.2) is 4.58 Å². The van der Waals surface area contributed by atoms with E-state index in [1.807, 2.05) is 85.1 Å². The molecule has 0 atom stereocenters. The van der Waals surface area contributed by atoms with Crippen LogP contribution in [0.2, 0.25) is 0 Å². The monoisotopic (exact) mass is 897 g/mol. The quantitative estimate of drug-likeness (QED) is 0.0917. The second kappa shape index (κ2) is 20.9. The average molecular weight is 898 g/mol. The number of aromatic carboxylic acids is 1. The summed E-state index contributed by atoms with van der Waals surface area (Å²) in [5, 5.41) is 17.4. The van der Waals surface area contributed by atoms with Gasteiger partial charge in [0.25, 0.3) is 5.91 Å². The van der Waals surface area contributed by atoms with Gasteiger partial charge in [0.05, 0.1) is 50.8 Å². The molecule has 0 fully saturated rings. The highest BCUT2D eigenvalue weighted by molar-refractivity contribution is 6.11. The van der Waals surface area contributed by atoms with E-state index in [4.69, 9.17) is 28.1 Å². The number of hydrogen-bond acceptors (Lipinski definition) is 14. The normalized spacial score (nSPS) is 13.4. The number of benzene rings is 5. The first kappa shape index (κ1) is 46.3. The fourth-order valence-electron chi connectivity index (χ4n) is 7.70. The molecule has 0 unspecified atom stereocenters.